The molecule has 2 rings (SSSR count). The van der Waals surface area contributed by atoms with Gasteiger partial charge in [0.2, 0.25) is 0 Å². The van der Waals surface area contributed by atoms with Gasteiger partial charge < -0.3 is 14.6 Å². The van der Waals surface area contributed by atoms with Gasteiger partial charge in [0.05, 0.1) is 6.42 Å². The smallest absolute Gasteiger partial charge is 0.305 e. The number of rotatable bonds is 5. The molecule has 0 aromatic carbocycles. The van der Waals surface area contributed by atoms with E-state index in [0.29, 0.717) is 18.9 Å². The number of carbonyl (C=O) groups is 1. The summed E-state index contributed by atoms with van der Waals surface area (Å²) in [7, 11) is 0. The van der Waals surface area contributed by atoms with Crippen molar-refractivity contribution in [2.24, 2.45) is 0 Å². The minimum absolute atomic E-state index is 0.0593. The summed E-state index contributed by atoms with van der Waals surface area (Å²) in [5.74, 6) is -0.432. The van der Waals surface area contributed by atoms with Gasteiger partial charge in [-0.1, -0.05) is 6.92 Å². The van der Waals surface area contributed by atoms with Crippen LogP contribution in [0.4, 0.5) is 5.82 Å². The number of piperidine rings is 1. The van der Waals surface area contributed by atoms with Crippen LogP contribution in [0.3, 0.4) is 0 Å². The van der Waals surface area contributed by atoms with Crippen LogP contribution in [0.5, 0.6) is 0 Å². The van der Waals surface area contributed by atoms with Crippen molar-refractivity contribution in [1.82, 2.24) is 9.55 Å². The van der Waals surface area contributed by atoms with Crippen LogP contribution in [-0.4, -0.2) is 33.2 Å². The van der Waals surface area contributed by atoms with E-state index in [-0.39, 0.29) is 18.0 Å². The summed E-state index contributed by atoms with van der Waals surface area (Å²) in [4.78, 5) is 29.5. The summed E-state index contributed by atoms with van der Waals surface area (Å²) in [6.07, 6.45) is 7.02. The van der Waals surface area contributed by atoms with Crippen LogP contribution in [0.2, 0.25) is 0 Å². The lowest BCUT2D eigenvalue weighted by Gasteiger charge is -2.35. The Labute approximate surface area is 118 Å². The maximum Gasteiger partial charge on any atom is 0.305 e. The Bertz CT molecular complexity index is 527. The number of aromatic nitrogens is 2. The monoisotopic (exact) mass is 279 g/mol. The summed E-state index contributed by atoms with van der Waals surface area (Å²) >= 11 is 0. The van der Waals surface area contributed by atoms with Gasteiger partial charge in [-0.15, -0.1) is 0 Å². The third-order valence-electron chi connectivity index (χ3n) is 3.67. The maximum absolute atomic E-state index is 12.4. The molecule has 1 atom stereocenters. The molecule has 1 aromatic rings. The first-order valence-corrected chi connectivity index (χ1v) is 7.17. The normalized spacial score (nSPS) is 19.1. The molecule has 0 saturated carbocycles. The number of hydrogen-bond donors (Lipinski definition) is 1. The summed E-state index contributed by atoms with van der Waals surface area (Å²) in [6.45, 7) is 3.38. The molecule has 0 aliphatic carbocycles. The van der Waals surface area contributed by atoms with E-state index in [1.807, 2.05) is 11.8 Å². The highest BCUT2D eigenvalue weighted by Gasteiger charge is 2.27. The zero-order valence-electron chi connectivity index (χ0n) is 11.8. The fraction of sp³-hybridized carbons (Fsp3) is 0.643. The van der Waals surface area contributed by atoms with Crippen LogP contribution in [-0.2, 0) is 11.3 Å². The van der Waals surface area contributed by atoms with Crippen molar-refractivity contribution < 1.29 is 9.90 Å². The second kappa shape index (κ2) is 6.54. The molecule has 1 N–H and O–H groups in total. The van der Waals surface area contributed by atoms with Crippen molar-refractivity contribution >= 4 is 11.8 Å². The highest BCUT2D eigenvalue weighted by atomic mass is 16.4. The van der Waals surface area contributed by atoms with Gasteiger partial charge in [-0.25, -0.2) is 4.98 Å². The Morgan fingerprint density at radius 1 is 1.50 bits per heavy atom. The molecule has 1 aliphatic rings. The molecule has 0 spiro atoms. The van der Waals surface area contributed by atoms with Crippen molar-refractivity contribution in [1.29, 1.82) is 0 Å². The quantitative estimate of drug-likeness (QED) is 0.883. The molecule has 2 heterocycles. The van der Waals surface area contributed by atoms with Crippen LogP contribution >= 0.6 is 0 Å². The zero-order valence-corrected chi connectivity index (χ0v) is 11.8. The number of aryl methyl sites for hydroxylation is 1. The van der Waals surface area contributed by atoms with Crippen molar-refractivity contribution in [3.05, 3.63) is 22.7 Å². The standard InChI is InChI=1S/C14H21N3O3/c1-2-7-16-9-6-15-13(14(16)20)17-8-4-3-5-11(17)10-12(18)19/h6,9,11H,2-5,7-8,10H2,1H3,(H,18,19). The molecule has 20 heavy (non-hydrogen) atoms. The maximum atomic E-state index is 12.4. The Morgan fingerprint density at radius 3 is 3.00 bits per heavy atom. The summed E-state index contributed by atoms with van der Waals surface area (Å²) < 4.78 is 1.65. The number of nitrogens with zero attached hydrogens (tertiary/aromatic N) is 3. The third kappa shape index (κ3) is 3.18. The molecule has 0 radical (unpaired) electrons. The van der Waals surface area contributed by atoms with Crippen molar-refractivity contribution in [3.63, 3.8) is 0 Å². The van der Waals surface area contributed by atoms with Gasteiger partial charge in [0.1, 0.15) is 0 Å². The first kappa shape index (κ1) is 14.6. The zero-order chi connectivity index (χ0) is 14.5. The first-order valence-electron chi connectivity index (χ1n) is 7.17. The fourth-order valence-corrected chi connectivity index (χ4v) is 2.74. The summed E-state index contributed by atoms with van der Waals surface area (Å²) in [5.41, 5.74) is -0.119. The van der Waals surface area contributed by atoms with E-state index in [2.05, 4.69) is 4.98 Å². The van der Waals surface area contributed by atoms with Gasteiger partial charge in [-0.05, 0) is 25.7 Å². The molecule has 1 fully saturated rings. The molecule has 6 nitrogen and oxygen atoms in total. The largest absolute Gasteiger partial charge is 0.481 e. The summed E-state index contributed by atoms with van der Waals surface area (Å²) in [6, 6.07) is -0.126. The van der Waals surface area contributed by atoms with Crippen molar-refractivity contribution in [2.45, 2.75) is 51.6 Å². The van der Waals surface area contributed by atoms with E-state index >= 15 is 0 Å². The first-order chi connectivity index (χ1) is 9.63. The molecule has 1 unspecified atom stereocenters. The number of carboxylic acids is 1. The fourth-order valence-electron chi connectivity index (χ4n) is 2.74. The molecule has 0 amide bonds. The Hall–Kier alpha value is -1.85. The van der Waals surface area contributed by atoms with Gasteiger partial charge in [0.15, 0.2) is 5.82 Å². The van der Waals surface area contributed by atoms with Gasteiger partial charge in [0, 0.05) is 31.5 Å². The van der Waals surface area contributed by atoms with Crippen molar-refractivity contribution in [3.8, 4) is 0 Å². The number of hydrogen-bond acceptors (Lipinski definition) is 4. The van der Waals surface area contributed by atoms with E-state index in [0.717, 1.165) is 25.7 Å². The highest BCUT2D eigenvalue weighted by Crippen LogP contribution is 2.22. The van der Waals surface area contributed by atoms with Crippen LogP contribution in [0, 0.1) is 0 Å². The molecule has 0 bridgehead atoms. The van der Waals surface area contributed by atoms with Gasteiger partial charge in [-0.3, -0.25) is 9.59 Å². The van der Waals surface area contributed by atoms with Crippen LogP contribution < -0.4 is 10.5 Å². The predicted octanol–water partition coefficient (Wildman–Crippen LogP) is 1.49. The minimum atomic E-state index is -0.827. The molecular weight excluding hydrogens is 258 g/mol. The predicted molar refractivity (Wildman–Crippen MR) is 76.0 cm³/mol. The lowest BCUT2D eigenvalue weighted by atomic mass is 9.99. The Kier molecular flexibility index (Phi) is 4.76. The van der Waals surface area contributed by atoms with E-state index in [1.165, 1.54) is 0 Å². The molecule has 1 aromatic heterocycles. The third-order valence-corrected chi connectivity index (χ3v) is 3.67. The second-order valence-corrected chi connectivity index (χ2v) is 5.19. The van der Waals surface area contributed by atoms with Crippen LogP contribution in [0.25, 0.3) is 0 Å². The van der Waals surface area contributed by atoms with Gasteiger partial charge in [0.25, 0.3) is 5.56 Å². The SMILES string of the molecule is CCCn1ccnc(N2CCCCC2CC(=O)O)c1=O. The number of aliphatic carboxylic acids is 1. The van der Waals surface area contributed by atoms with Crippen LogP contribution in [0.15, 0.2) is 17.2 Å². The van der Waals surface area contributed by atoms with E-state index in [1.54, 1.807) is 17.0 Å². The molecule has 1 aliphatic heterocycles. The highest BCUT2D eigenvalue weighted by molar-refractivity contribution is 5.68. The molecule has 6 heteroatoms. The van der Waals surface area contributed by atoms with Crippen molar-refractivity contribution in [2.75, 3.05) is 11.4 Å². The minimum Gasteiger partial charge on any atom is -0.481 e. The number of carboxylic acid groups (broad SMARTS) is 1. The second-order valence-electron chi connectivity index (χ2n) is 5.19. The van der Waals surface area contributed by atoms with Gasteiger partial charge in [-0.2, -0.15) is 0 Å². The average molecular weight is 279 g/mol. The molecule has 1 saturated heterocycles. The molecule has 110 valence electrons. The van der Waals surface area contributed by atoms with Crippen LogP contribution in [0.1, 0.15) is 39.0 Å². The Balaban J connectivity index is 2.30. The lowest BCUT2D eigenvalue weighted by Crippen LogP contribution is -2.44. The van der Waals surface area contributed by atoms with Gasteiger partial charge >= 0.3 is 5.97 Å². The lowest BCUT2D eigenvalue weighted by molar-refractivity contribution is -0.137. The Morgan fingerprint density at radius 2 is 2.30 bits per heavy atom. The number of anilines is 1. The average Bonchev–Trinajstić information content (AvgIpc) is 2.42. The van der Waals surface area contributed by atoms with E-state index in [9.17, 15) is 9.59 Å². The molecular formula is C14H21N3O3. The van der Waals surface area contributed by atoms with E-state index < -0.39 is 5.97 Å². The summed E-state index contributed by atoms with van der Waals surface area (Å²) in [5, 5.41) is 9.01. The topological polar surface area (TPSA) is 75.4 Å². The van der Waals surface area contributed by atoms with E-state index in [4.69, 9.17) is 5.11 Å².